The number of rotatable bonds is 9. The van der Waals surface area contributed by atoms with Crippen LogP contribution in [0.25, 0.3) is 0 Å². The highest BCUT2D eigenvalue weighted by Gasteiger charge is 2.43. The molecule has 234 valence electrons. The van der Waals surface area contributed by atoms with E-state index >= 15 is 0 Å². The molecule has 0 spiro atoms. The maximum Gasteiger partial charge on any atom is 0.0568 e. The Balaban J connectivity index is 1.41. The number of hydrogen-bond donors (Lipinski definition) is 0. The van der Waals surface area contributed by atoms with Gasteiger partial charge in [-0.15, -0.1) is 0 Å². The molecule has 2 nitrogen and oxygen atoms in total. The predicted octanol–water partition coefficient (Wildman–Crippen LogP) is 11.4. The maximum absolute atomic E-state index is 2.64. The first kappa shape index (κ1) is 31.5. The van der Waals surface area contributed by atoms with Gasteiger partial charge in [0.1, 0.15) is 0 Å². The summed E-state index contributed by atoms with van der Waals surface area (Å²) in [4.78, 5) is 7.95. The van der Waals surface area contributed by atoms with Crippen LogP contribution in [-0.2, 0) is 10.8 Å². The number of allylic oxidation sites excluding steroid dienone is 6. The maximum atomic E-state index is 2.64. The van der Waals surface area contributed by atoms with E-state index < -0.39 is 0 Å². The van der Waals surface area contributed by atoms with Crippen molar-refractivity contribution in [2.45, 2.75) is 95.4 Å². The van der Waals surface area contributed by atoms with Crippen LogP contribution in [0.3, 0.4) is 0 Å². The molecule has 1 atom stereocenters. The third kappa shape index (κ3) is 5.97. The summed E-state index contributed by atoms with van der Waals surface area (Å²) in [6, 6.07) is 29.3. The second-order valence-corrected chi connectivity index (χ2v) is 15.0. The SMILES string of the molecule is CCCN1/C(=C\C=C2/CCCC(/C=C/C3N(CCC)c4ccccc4C3(C)C)=C2Sc2ccccc2)C(C)(C)c2ccccc21. The van der Waals surface area contributed by atoms with Crippen LogP contribution in [-0.4, -0.2) is 19.1 Å². The molecule has 0 fully saturated rings. The van der Waals surface area contributed by atoms with Crippen LogP contribution in [0, 0.1) is 0 Å². The van der Waals surface area contributed by atoms with Gasteiger partial charge in [-0.3, -0.25) is 0 Å². The van der Waals surface area contributed by atoms with E-state index in [0.717, 1.165) is 38.8 Å². The average molecular weight is 615 g/mol. The minimum atomic E-state index is -0.0253. The second-order valence-electron chi connectivity index (χ2n) is 13.9. The Hall–Kier alpha value is -3.43. The first-order chi connectivity index (χ1) is 21.8. The number of fused-ring (bicyclic) bond motifs is 2. The van der Waals surface area contributed by atoms with Crippen molar-refractivity contribution in [2.75, 3.05) is 22.9 Å². The zero-order valence-corrected chi connectivity index (χ0v) is 29.0. The zero-order valence-electron chi connectivity index (χ0n) is 28.1. The predicted molar refractivity (Wildman–Crippen MR) is 196 cm³/mol. The molecule has 0 bridgehead atoms. The summed E-state index contributed by atoms with van der Waals surface area (Å²) in [5, 5.41) is 0. The molecule has 0 saturated heterocycles. The van der Waals surface area contributed by atoms with E-state index in [2.05, 4.69) is 155 Å². The Morgan fingerprint density at radius 1 is 0.756 bits per heavy atom. The highest BCUT2D eigenvalue weighted by molar-refractivity contribution is 8.03. The molecule has 2 heterocycles. The van der Waals surface area contributed by atoms with Gasteiger partial charge in [0.15, 0.2) is 0 Å². The normalized spacial score (nSPS) is 22.1. The van der Waals surface area contributed by atoms with Crippen molar-refractivity contribution in [1.29, 1.82) is 0 Å². The van der Waals surface area contributed by atoms with E-state index in [4.69, 9.17) is 0 Å². The number of para-hydroxylation sites is 2. The molecule has 1 unspecified atom stereocenters. The van der Waals surface area contributed by atoms with E-state index in [1.165, 1.54) is 55.6 Å². The lowest BCUT2D eigenvalue weighted by molar-refractivity contribution is 0.473. The van der Waals surface area contributed by atoms with Crippen molar-refractivity contribution in [3.8, 4) is 0 Å². The third-order valence-corrected chi connectivity index (χ3v) is 11.3. The van der Waals surface area contributed by atoms with Crippen LogP contribution < -0.4 is 9.80 Å². The molecular weight excluding hydrogens is 565 g/mol. The summed E-state index contributed by atoms with van der Waals surface area (Å²) in [6.45, 7) is 16.3. The first-order valence-corrected chi connectivity index (χ1v) is 17.9. The quantitative estimate of drug-likeness (QED) is 0.237. The highest BCUT2D eigenvalue weighted by Crippen LogP contribution is 2.49. The summed E-state index contributed by atoms with van der Waals surface area (Å²) in [6.07, 6.45) is 15.6. The van der Waals surface area contributed by atoms with Gasteiger partial charge < -0.3 is 9.80 Å². The number of anilines is 2. The molecule has 6 rings (SSSR count). The Labute approximate surface area is 276 Å². The average Bonchev–Trinajstić information content (AvgIpc) is 3.39. The Bertz CT molecular complexity index is 1640. The fourth-order valence-electron chi connectivity index (χ4n) is 7.76. The van der Waals surface area contributed by atoms with Gasteiger partial charge in [0.05, 0.1) is 6.04 Å². The molecule has 3 aromatic rings. The molecule has 0 amide bonds. The molecule has 3 heteroatoms. The molecule has 0 aromatic heterocycles. The van der Waals surface area contributed by atoms with Crippen molar-refractivity contribution in [3.05, 3.63) is 136 Å². The Morgan fingerprint density at radius 2 is 1.42 bits per heavy atom. The molecule has 3 aromatic carbocycles. The number of hydrogen-bond acceptors (Lipinski definition) is 3. The van der Waals surface area contributed by atoms with Gasteiger partial charge in [-0.05, 0) is 84.7 Å². The van der Waals surface area contributed by atoms with Gasteiger partial charge in [0.25, 0.3) is 0 Å². The minimum Gasteiger partial charge on any atom is -0.364 e. The van der Waals surface area contributed by atoms with Crippen LogP contribution >= 0.6 is 11.8 Å². The van der Waals surface area contributed by atoms with Crippen molar-refractivity contribution in [1.82, 2.24) is 0 Å². The van der Waals surface area contributed by atoms with Crippen molar-refractivity contribution >= 4 is 23.1 Å². The van der Waals surface area contributed by atoms with Crippen molar-refractivity contribution in [2.24, 2.45) is 0 Å². The molecular formula is C42H50N2S. The molecule has 1 aliphatic carbocycles. The number of nitrogens with zero attached hydrogens (tertiary/aromatic N) is 2. The molecule has 2 aliphatic heterocycles. The van der Waals surface area contributed by atoms with Crippen LogP contribution in [0.4, 0.5) is 11.4 Å². The van der Waals surface area contributed by atoms with Gasteiger partial charge in [-0.2, -0.15) is 0 Å². The topological polar surface area (TPSA) is 6.48 Å². The van der Waals surface area contributed by atoms with Crippen LogP contribution in [0.15, 0.2) is 130 Å². The van der Waals surface area contributed by atoms with Crippen LogP contribution in [0.2, 0.25) is 0 Å². The largest absolute Gasteiger partial charge is 0.364 e. The van der Waals surface area contributed by atoms with Crippen molar-refractivity contribution < 1.29 is 0 Å². The molecule has 45 heavy (non-hydrogen) atoms. The van der Waals surface area contributed by atoms with Gasteiger partial charge in [0, 0.05) is 50.8 Å². The second kappa shape index (κ2) is 13.1. The highest BCUT2D eigenvalue weighted by atomic mass is 32.2. The fourth-order valence-corrected chi connectivity index (χ4v) is 8.89. The Kier molecular flexibility index (Phi) is 9.20. The molecule has 0 radical (unpaired) electrons. The summed E-state index contributed by atoms with van der Waals surface area (Å²) >= 11 is 1.95. The summed E-state index contributed by atoms with van der Waals surface area (Å²) in [7, 11) is 0. The van der Waals surface area contributed by atoms with E-state index in [1.807, 2.05) is 11.8 Å². The van der Waals surface area contributed by atoms with E-state index in [9.17, 15) is 0 Å². The van der Waals surface area contributed by atoms with Gasteiger partial charge in [0.2, 0.25) is 0 Å². The first-order valence-electron chi connectivity index (χ1n) is 17.1. The zero-order chi connectivity index (χ0) is 31.6. The van der Waals surface area contributed by atoms with Crippen LogP contribution in [0.1, 0.15) is 84.8 Å². The molecule has 3 aliphatic rings. The minimum absolute atomic E-state index is 0.0253. The standard InChI is InChI=1S/C42H50N2S/c1-7-29-43-36-23-14-12-21-34(36)41(3,4)38(43)27-25-31-17-16-18-32(40(31)45-33-19-10-9-11-20-33)26-28-39-42(5,6)35-22-13-15-24-37(35)44(39)30-8-2/h9-15,19-28,38H,7-8,16-18,29-30H2,1-6H3/b27-25+,32-26+,39-28-. The summed E-state index contributed by atoms with van der Waals surface area (Å²) in [5.74, 6) is 0. The monoisotopic (exact) mass is 614 g/mol. The summed E-state index contributed by atoms with van der Waals surface area (Å²) < 4.78 is 0. The lowest BCUT2D eigenvalue weighted by atomic mass is 9.80. The number of benzene rings is 3. The van der Waals surface area contributed by atoms with Gasteiger partial charge in [-0.25, -0.2) is 0 Å². The number of thioether (sulfide) groups is 1. The fraction of sp³-hybridized carbons (Fsp3) is 0.381. The van der Waals surface area contributed by atoms with Crippen molar-refractivity contribution in [3.63, 3.8) is 0 Å². The van der Waals surface area contributed by atoms with Gasteiger partial charge in [-0.1, -0.05) is 126 Å². The third-order valence-electron chi connectivity index (χ3n) is 10.1. The van der Waals surface area contributed by atoms with E-state index in [-0.39, 0.29) is 10.8 Å². The summed E-state index contributed by atoms with van der Waals surface area (Å²) in [5.41, 5.74) is 10.0. The van der Waals surface area contributed by atoms with Crippen LogP contribution in [0.5, 0.6) is 0 Å². The molecule has 0 N–H and O–H groups in total. The van der Waals surface area contributed by atoms with Gasteiger partial charge >= 0.3 is 0 Å². The van der Waals surface area contributed by atoms with E-state index in [0.29, 0.717) is 6.04 Å². The lowest BCUT2D eigenvalue weighted by Crippen LogP contribution is -2.40. The lowest BCUT2D eigenvalue weighted by Gasteiger charge is -2.32. The smallest absolute Gasteiger partial charge is 0.0568 e. The van der Waals surface area contributed by atoms with E-state index in [1.54, 1.807) is 0 Å². The Morgan fingerprint density at radius 3 is 2.16 bits per heavy atom. The molecule has 0 saturated carbocycles.